The van der Waals surface area contributed by atoms with Crippen molar-refractivity contribution in [2.45, 2.75) is 20.3 Å². The highest BCUT2D eigenvalue weighted by Gasteiger charge is 2.16. The van der Waals surface area contributed by atoms with Crippen LogP contribution in [0.25, 0.3) is 11.4 Å². The standard InChI is InChI=1S/C13H12BrF2N3/c1-3-9-6(2)12(17)19-13(18-9)7-4-5-8(15)11(16)10(7)14/h4-5H,3H2,1-2H3,(H2,17,18,19). The molecule has 0 fully saturated rings. The van der Waals surface area contributed by atoms with Gasteiger partial charge in [-0.3, -0.25) is 0 Å². The largest absolute Gasteiger partial charge is 0.383 e. The Hall–Kier alpha value is -1.56. The van der Waals surface area contributed by atoms with Crippen LogP contribution in [0.5, 0.6) is 0 Å². The number of halogens is 3. The normalized spacial score (nSPS) is 10.8. The minimum Gasteiger partial charge on any atom is -0.383 e. The van der Waals surface area contributed by atoms with E-state index in [0.717, 1.165) is 17.3 Å². The predicted molar refractivity (Wildman–Crippen MR) is 73.6 cm³/mol. The van der Waals surface area contributed by atoms with Crippen molar-refractivity contribution in [3.63, 3.8) is 0 Å². The lowest BCUT2D eigenvalue weighted by molar-refractivity contribution is 0.504. The van der Waals surface area contributed by atoms with E-state index in [-0.39, 0.29) is 10.3 Å². The quantitative estimate of drug-likeness (QED) is 0.857. The van der Waals surface area contributed by atoms with Gasteiger partial charge in [0.25, 0.3) is 0 Å². The van der Waals surface area contributed by atoms with E-state index < -0.39 is 11.6 Å². The maximum absolute atomic E-state index is 13.5. The summed E-state index contributed by atoms with van der Waals surface area (Å²) < 4.78 is 26.6. The van der Waals surface area contributed by atoms with Crippen LogP contribution in [0, 0.1) is 18.6 Å². The number of nitrogens with zero attached hydrogens (tertiary/aromatic N) is 2. The van der Waals surface area contributed by atoms with E-state index in [4.69, 9.17) is 5.73 Å². The Labute approximate surface area is 118 Å². The Kier molecular flexibility index (Phi) is 3.80. The van der Waals surface area contributed by atoms with Gasteiger partial charge in [-0.25, -0.2) is 18.7 Å². The van der Waals surface area contributed by atoms with Gasteiger partial charge in [0.05, 0.1) is 4.47 Å². The van der Waals surface area contributed by atoms with E-state index in [2.05, 4.69) is 25.9 Å². The first-order valence-electron chi connectivity index (χ1n) is 5.72. The van der Waals surface area contributed by atoms with Crippen molar-refractivity contribution in [1.29, 1.82) is 0 Å². The fourth-order valence-electron chi connectivity index (χ4n) is 1.75. The van der Waals surface area contributed by atoms with E-state index in [1.54, 1.807) is 0 Å². The van der Waals surface area contributed by atoms with Crippen molar-refractivity contribution in [3.8, 4) is 11.4 Å². The average Bonchev–Trinajstić information content (AvgIpc) is 2.39. The van der Waals surface area contributed by atoms with Crippen LogP contribution in [0.3, 0.4) is 0 Å². The number of aromatic nitrogens is 2. The van der Waals surface area contributed by atoms with E-state index in [0.29, 0.717) is 17.8 Å². The molecule has 0 aliphatic heterocycles. The molecule has 2 aromatic rings. The highest BCUT2D eigenvalue weighted by molar-refractivity contribution is 9.10. The van der Waals surface area contributed by atoms with Crippen molar-refractivity contribution < 1.29 is 8.78 Å². The van der Waals surface area contributed by atoms with Crippen LogP contribution in [-0.2, 0) is 6.42 Å². The van der Waals surface area contributed by atoms with Gasteiger partial charge in [-0.05, 0) is 41.4 Å². The summed E-state index contributed by atoms with van der Waals surface area (Å²) in [6.07, 6.45) is 0.687. The molecule has 1 aromatic carbocycles. The van der Waals surface area contributed by atoms with Crippen molar-refractivity contribution in [1.82, 2.24) is 9.97 Å². The monoisotopic (exact) mass is 327 g/mol. The second-order valence-electron chi connectivity index (χ2n) is 4.08. The first-order chi connectivity index (χ1) is 8.95. The molecule has 0 amide bonds. The molecule has 1 heterocycles. The molecule has 0 spiro atoms. The molecule has 1 aromatic heterocycles. The molecule has 0 saturated heterocycles. The summed E-state index contributed by atoms with van der Waals surface area (Å²) in [5.74, 6) is -1.26. The number of anilines is 1. The van der Waals surface area contributed by atoms with Crippen molar-refractivity contribution in [3.05, 3.63) is 39.5 Å². The molecule has 0 radical (unpaired) electrons. The Morgan fingerprint density at radius 3 is 2.58 bits per heavy atom. The third-order valence-electron chi connectivity index (χ3n) is 2.90. The summed E-state index contributed by atoms with van der Waals surface area (Å²) in [5, 5.41) is 0. The molecule has 0 unspecified atom stereocenters. The van der Waals surface area contributed by atoms with Crippen LogP contribution >= 0.6 is 15.9 Å². The van der Waals surface area contributed by atoms with Crippen LogP contribution in [-0.4, -0.2) is 9.97 Å². The summed E-state index contributed by atoms with van der Waals surface area (Å²) >= 11 is 3.02. The summed E-state index contributed by atoms with van der Waals surface area (Å²) in [7, 11) is 0. The third kappa shape index (κ3) is 2.45. The maximum Gasteiger partial charge on any atom is 0.173 e. The lowest BCUT2D eigenvalue weighted by Gasteiger charge is -2.10. The van der Waals surface area contributed by atoms with Gasteiger partial charge in [-0.1, -0.05) is 6.92 Å². The van der Waals surface area contributed by atoms with Gasteiger partial charge in [-0.15, -0.1) is 0 Å². The molecule has 0 aliphatic carbocycles. The van der Waals surface area contributed by atoms with Gasteiger partial charge in [0.2, 0.25) is 0 Å². The first kappa shape index (κ1) is 13.9. The number of aryl methyl sites for hydroxylation is 1. The zero-order chi connectivity index (χ0) is 14.2. The number of nitrogen functional groups attached to an aromatic ring is 1. The molecule has 19 heavy (non-hydrogen) atoms. The van der Waals surface area contributed by atoms with Gasteiger partial charge >= 0.3 is 0 Å². The highest BCUT2D eigenvalue weighted by atomic mass is 79.9. The summed E-state index contributed by atoms with van der Waals surface area (Å²) in [6.45, 7) is 3.77. The second-order valence-corrected chi connectivity index (χ2v) is 4.87. The zero-order valence-electron chi connectivity index (χ0n) is 10.5. The number of rotatable bonds is 2. The molecular weight excluding hydrogens is 316 g/mol. The minimum atomic E-state index is -0.960. The summed E-state index contributed by atoms with van der Waals surface area (Å²) in [6, 6.07) is 2.46. The van der Waals surface area contributed by atoms with Gasteiger partial charge in [0.15, 0.2) is 17.5 Å². The molecule has 0 atom stereocenters. The second kappa shape index (κ2) is 5.21. The molecule has 2 N–H and O–H groups in total. The Morgan fingerprint density at radius 2 is 1.95 bits per heavy atom. The molecule has 0 aliphatic rings. The van der Waals surface area contributed by atoms with E-state index in [1.165, 1.54) is 6.07 Å². The Bertz CT molecular complexity index is 644. The van der Waals surface area contributed by atoms with Crippen molar-refractivity contribution in [2.24, 2.45) is 0 Å². The zero-order valence-corrected chi connectivity index (χ0v) is 12.1. The van der Waals surface area contributed by atoms with Crippen LogP contribution < -0.4 is 5.73 Å². The number of hydrogen-bond acceptors (Lipinski definition) is 3. The molecule has 6 heteroatoms. The average molecular weight is 328 g/mol. The smallest absolute Gasteiger partial charge is 0.173 e. The number of hydrogen-bond donors (Lipinski definition) is 1. The van der Waals surface area contributed by atoms with E-state index in [9.17, 15) is 8.78 Å². The molecule has 100 valence electrons. The lowest BCUT2D eigenvalue weighted by Crippen LogP contribution is -2.05. The van der Waals surface area contributed by atoms with E-state index >= 15 is 0 Å². The molecule has 0 bridgehead atoms. The van der Waals surface area contributed by atoms with Crippen LogP contribution in [0.15, 0.2) is 16.6 Å². The van der Waals surface area contributed by atoms with Crippen LogP contribution in [0.2, 0.25) is 0 Å². The van der Waals surface area contributed by atoms with Crippen molar-refractivity contribution >= 4 is 21.7 Å². The number of benzene rings is 1. The molecule has 0 saturated carbocycles. The van der Waals surface area contributed by atoms with Gasteiger partial charge < -0.3 is 5.73 Å². The fourth-order valence-corrected chi connectivity index (χ4v) is 2.24. The van der Waals surface area contributed by atoms with Gasteiger partial charge in [0, 0.05) is 16.8 Å². The maximum atomic E-state index is 13.5. The summed E-state index contributed by atoms with van der Waals surface area (Å²) in [5.41, 5.74) is 7.79. The molecule has 2 rings (SSSR count). The van der Waals surface area contributed by atoms with Crippen LogP contribution in [0.4, 0.5) is 14.6 Å². The fraction of sp³-hybridized carbons (Fsp3) is 0.231. The first-order valence-corrected chi connectivity index (χ1v) is 6.51. The number of nitrogens with two attached hydrogens (primary N) is 1. The van der Waals surface area contributed by atoms with Crippen LogP contribution in [0.1, 0.15) is 18.2 Å². The summed E-state index contributed by atoms with van der Waals surface area (Å²) in [4.78, 5) is 8.47. The van der Waals surface area contributed by atoms with Gasteiger partial charge in [-0.2, -0.15) is 0 Å². The van der Waals surface area contributed by atoms with Gasteiger partial charge in [0.1, 0.15) is 5.82 Å². The lowest BCUT2D eigenvalue weighted by atomic mass is 10.1. The van der Waals surface area contributed by atoms with Crippen molar-refractivity contribution in [2.75, 3.05) is 5.73 Å². The molecular formula is C13H12BrF2N3. The molecule has 3 nitrogen and oxygen atoms in total. The highest BCUT2D eigenvalue weighted by Crippen LogP contribution is 2.30. The Morgan fingerprint density at radius 1 is 1.26 bits per heavy atom. The third-order valence-corrected chi connectivity index (χ3v) is 3.67. The van der Waals surface area contributed by atoms with E-state index in [1.807, 2.05) is 13.8 Å². The SMILES string of the molecule is CCc1nc(-c2ccc(F)c(F)c2Br)nc(N)c1C. The Balaban J connectivity index is 2.66. The topological polar surface area (TPSA) is 51.8 Å². The predicted octanol–water partition coefficient (Wildman–Crippen LogP) is 3.64. The minimum absolute atomic E-state index is 0.00203.